The second kappa shape index (κ2) is 7.53. The van der Waals surface area contributed by atoms with Crippen LogP contribution in [0.2, 0.25) is 0 Å². The van der Waals surface area contributed by atoms with Crippen LogP contribution in [0.5, 0.6) is 0 Å². The summed E-state index contributed by atoms with van der Waals surface area (Å²) in [4.78, 5) is 0. The van der Waals surface area contributed by atoms with Crippen LogP contribution in [0.3, 0.4) is 0 Å². The first-order valence-electron chi connectivity index (χ1n) is 4.15. The normalized spacial score (nSPS) is 8.54. The number of hydrogen-bond donors (Lipinski definition) is 2. The van der Waals surface area contributed by atoms with E-state index in [-0.39, 0.29) is 13.2 Å². The molecule has 2 nitrogen and oxygen atoms in total. The van der Waals surface area contributed by atoms with Crippen molar-refractivity contribution in [1.29, 1.82) is 0 Å². The largest absolute Gasteiger partial charge is 0.394 e. The highest BCUT2D eigenvalue weighted by Gasteiger charge is 1.82. The summed E-state index contributed by atoms with van der Waals surface area (Å²) in [5.74, 6) is 0. The zero-order valence-electron chi connectivity index (χ0n) is 7.90. The minimum absolute atomic E-state index is 0.125. The Morgan fingerprint density at radius 2 is 1.62 bits per heavy atom. The van der Waals surface area contributed by atoms with E-state index in [1.807, 2.05) is 6.08 Å². The van der Waals surface area contributed by atoms with Crippen LogP contribution < -0.4 is 0 Å². The van der Waals surface area contributed by atoms with Gasteiger partial charge in [0, 0.05) is 0 Å². The number of aryl methyl sites for hydroxylation is 1. The third kappa shape index (κ3) is 6.08. The summed E-state index contributed by atoms with van der Waals surface area (Å²) in [6.07, 6.45) is 1.85. The summed E-state index contributed by atoms with van der Waals surface area (Å²) < 4.78 is 0. The van der Waals surface area contributed by atoms with Gasteiger partial charge in [-0.25, -0.2) is 0 Å². The lowest BCUT2D eigenvalue weighted by Crippen LogP contribution is -1.85. The molecule has 0 aromatic heterocycles. The summed E-state index contributed by atoms with van der Waals surface area (Å²) in [6.45, 7) is 5.49. The van der Waals surface area contributed by atoms with Crippen LogP contribution in [0, 0.1) is 6.92 Å². The highest BCUT2D eigenvalue weighted by atomic mass is 16.3. The molecule has 0 heterocycles. The van der Waals surface area contributed by atoms with Gasteiger partial charge in [-0.2, -0.15) is 0 Å². The van der Waals surface area contributed by atoms with Crippen LogP contribution in [-0.4, -0.2) is 23.4 Å². The summed E-state index contributed by atoms with van der Waals surface area (Å²) in [5, 5.41) is 15.2. The van der Waals surface area contributed by atoms with Crippen molar-refractivity contribution < 1.29 is 10.2 Å². The second-order valence-corrected chi connectivity index (χ2v) is 2.56. The Hall–Kier alpha value is -1.12. The van der Waals surface area contributed by atoms with E-state index in [0.717, 1.165) is 0 Å². The van der Waals surface area contributed by atoms with E-state index in [1.54, 1.807) is 0 Å². The molecule has 2 heteroatoms. The molecular formula is C11H16O2. The molecular weight excluding hydrogens is 164 g/mol. The summed E-state index contributed by atoms with van der Waals surface area (Å²) in [7, 11) is 0. The molecule has 2 N–H and O–H groups in total. The predicted octanol–water partition coefficient (Wildman–Crippen LogP) is 1.61. The molecule has 0 fully saturated rings. The van der Waals surface area contributed by atoms with Crippen molar-refractivity contribution in [2.75, 3.05) is 13.2 Å². The fraction of sp³-hybridized carbons (Fsp3) is 0.273. The lowest BCUT2D eigenvalue weighted by molar-refractivity contribution is 0.186. The minimum atomic E-state index is -0.125. The van der Waals surface area contributed by atoms with Gasteiger partial charge in [-0.1, -0.05) is 42.5 Å². The molecule has 0 saturated carbocycles. The maximum Gasteiger partial charge on any atom is 0.0662 e. The standard InChI is InChI=1S/C9H10.C2H6O2/c1-3-9-6-4-8(2)5-7-9;3-1-2-4/h3-7H,1H2,2H3;3-4H,1-2H2. The van der Waals surface area contributed by atoms with E-state index < -0.39 is 0 Å². The van der Waals surface area contributed by atoms with Gasteiger partial charge in [0.2, 0.25) is 0 Å². The molecule has 1 rings (SSSR count). The highest BCUT2D eigenvalue weighted by Crippen LogP contribution is 2.02. The van der Waals surface area contributed by atoms with E-state index in [4.69, 9.17) is 10.2 Å². The average Bonchev–Trinajstić information content (AvgIpc) is 2.19. The Kier molecular flexibility index (Phi) is 6.88. The number of hydrogen-bond acceptors (Lipinski definition) is 2. The van der Waals surface area contributed by atoms with E-state index in [2.05, 4.69) is 37.8 Å². The van der Waals surface area contributed by atoms with Gasteiger partial charge in [0.1, 0.15) is 0 Å². The number of rotatable bonds is 2. The number of aliphatic hydroxyl groups excluding tert-OH is 2. The Balaban J connectivity index is 0.000000310. The topological polar surface area (TPSA) is 40.5 Å². The van der Waals surface area contributed by atoms with Gasteiger partial charge in [-0.3, -0.25) is 0 Å². The van der Waals surface area contributed by atoms with Gasteiger partial charge < -0.3 is 10.2 Å². The molecule has 13 heavy (non-hydrogen) atoms. The van der Waals surface area contributed by atoms with Gasteiger partial charge in [0.05, 0.1) is 13.2 Å². The van der Waals surface area contributed by atoms with Crippen molar-refractivity contribution in [3.63, 3.8) is 0 Å². The lowest BCUT2D eigenvalue weighted by atomic mass is 10.2. The maximum atomic E-state index is 7.62. The van der Waals surface area contributed by atoms with E-state index >= 15 is 0 Å². The molecule has 0 radical (unpaired) electrons. The molecule has 0 atom stereocenters. The Morgan fingerprint density at radius 1 is 1.15 bits per heavy atom. The molecule has 72 valence electrons. The third-order valence-corrected chi connectivity index (χ3v) is 1.41. The SMILES string of the molecule is C=Cc1ccc(C)cc1.OCCO. The molecule has 0 bridgehead atoms. The molecule has 0 aliphatic carbocycles. The van der Waals surface area contributed by atoms with Gasteiger partial charge in [0.15, 0.2) is 0 Å². The van der Waals surface area contributed by atoms with Crippen LogP contribution in [0.15, 0.2) is 30.8 Å². The first kappa shape index (κ1) is 11.9. The molecule has 1 aromatic carbocycles. The second-order valence-electron chi connectivity index (χ2n) is 2.56. The van der Waals surface area contributed by atoms with Crippen LogP contribution in [0.1, 0.15) is 11.1 Å². The third-order valence-electron chi connectivity index (χ3n) is 1.41. The van der Waals surface area contributed by atoms with Crippen molar-refractivity contribution in [2.24, 2.45) is 0 Å². The van der Waals surface area contributed by atoms with Crippen LogP contribution >= 0.6 is 0 Å². The zero-order chi connectivity index (χ0) is 10.1. The average molecular weight is 180 g/mol. The van der Waals surface area contributed by atoms with Crippen molar-refractivity contribution in [2.45, 2.75) is 6.92 Å². The van der Waals surface area contributed by atoms with Gasteiger partial charge in [-0.15, -0.1) is 0 Å². The zero-order valence-corrected chi connectivity index (χ0v) is 7.90. The monoisotopic (exact) mass is 180 g/mol. The summed E-state index contributed by atoms with van der Waals surface area (Å²) in [5.41, 5.74) is 2.47. The minimum Gasteiger partial charge on any atom is -0.394 e. The van der Waals surface area contributed by atoms with E-state index in [0.29, 0.717) is 0 Å². The van der Waals surface area contributed by atoms with Gasteiger partial charge >= 0.3 is 0 Å². The Morgan fingerprint density at radius 3 is 1.92 bits per heavy atom. The molecule has 0 saturated heterocycles. The van der Waals surface area contributed by atoms with Crippen LogP contribution in [-0.2, 0) is 0 Å². The van der Waals surface area contributed by atoms with Crippen molar-refractivity contribution in [3.05, 3.63) is 42.0 Å². The van der Waals surface area contributed by atoms with Crippen molar-refractivity contribution in [1.82, 2.24) is 0 Å². The highest BCUT2D eigenvalue weighted by molar-refractivity contribution is 5.46. The number of aliphatic hydroxyl groups is 2. The Labute approximate surface area is 79.2 Å². The summed E-state index contributed by atoms with van der Waals surface area (Å²) in [6, 6.07) is 8.28. The Bertz CT molecular complexity index is 224. The van der Waals surface area contributed by atoms with Crippen LogP contribution in [0.4, 0.5) is 0 Å². The smallest absolute Gasteiger partial charge is 0.0662 e. The first-order chi connectivity index (χ1) is 6.24. The number of benzene rings is 1. The van der Waals surface area contributed by atoms with Crippen molar-refractivity contribution >= 4 is 6.08 Å². The molecule has 0 amide bonds. The fourth-order valence-electron chi connectivity index (χ4n) is 0.703. The van der Waals surface area contributed by atoms with E-state index in [9.17, 15) is 0 Å². The first-order valence-corrected chi connectivity index (χ1v) is 4.15. The van der Waals surface area contributed by atoms with Crippen LogP contribution in [0.25, 0.3) is 6.08 Å². The van der Waals surface area contributed by atoms with Gasteiger partial charge in [-0.05, 0) is 12.5 Å². The quantitative estimate of drug-likeness (QED) is 0.726. The molecule has 0 spiro atoms. The van der Waals surface area contributed by atoms with Gasteiger partial charge in [0.25, 0.3) is 0 Å². The molecule has 0 aliphatic heterocycles. The molecule has 1 aromatic rings. The predicted molar refractivity (Wildman–Crippen MR) is 55.4 cm³/mol. The van der Waals surface area contributed by atoms with E-state index in [1.165, 1.54) is 11.1 Å². The fourth-order valence-corrected chi connectivity index (χ4v) is 0.703. The lowest BCUT2D eigenvalue weighted by Gasteiger charge is -1.91. The summed E-state index contributed by atoms with van der Waals surface area (Å²) >= 11 is 0. The maximum absolute atomic E-state index is 7.62. The molecule has 0 aliphatic rings. The molecule has 0 unspecified atom stereocenters. The van der Waals surface area contributed by atoms with Crippen molar-refractivity contribution in [3.8, 4) is 0 Å².